The van der Waals surface area contributed by atoms with E-state index >= 15 is 0 Å². The third-order valence-corrected chi connectivity index (χ3v) is 4.02. The molecule has 0 radical (unpaired) electrons. The van der Waals surface area contributed by atoms with E-state index in [1.807, 2.05) is 26.1 Å². The van der Waals surface area contributed by atoms with Gasteiger partial charge < -0.3 is 9.14 Å². The predicted octanol–water partition coefficient (Wildman–Crippen LogP) is 2.98. The van der Waals surface area contributed by atoms with Gasteiger partial charge >= 0.3 is 5.97 Å². The minimum Gasteiger partial charge on any atom is -0.461 e. The Morgan fingerprint density at radius 1 is 1.15 bits per heavy atom. The Hall–Kier alpha value is -3.29. The van der Waals surface area contributed by atoms with E-state index in [0.717, 1.165) is 16.9 Å². The van der Waals surface area contributed by atoms with Gasteiger partial charge in [0.05, 0.1) is 24.2 Å². The van der Waals surface area contributed by atoms with Crippen molar-refractivity contribution in [1.82, 2.24) is 24.0 Å². The molecule has 0 bridgehead atoms. The van der Waals surface area contributed by atoms with Gasteiger partial charge in [-0.05, 0) is 38.5 Å². The summed E-state index contributed by atoms with van der Waals surface area (Å²) in [6.45, 7) is 5.75. The highest BCUT2D eigenvalue weighted by atomic mass is 19.1. The molecule has 26 heavy (non-hydrogen) atoms. The maximum atomic E-state index is 14.5. The number of pyridine rings is 1. The molecule has 7 nitrogen and oxygen atoms in total. The first-order valence-electron chi connectivity index (χ1n) is 8.15. The molecule has 0 aromatic carbocycles. The molecule has 4 aromatic rings. The Kier molecular flexibility index (Phi) is 3.68. The molecule has 0 N–H and O–H groups in total. The van der Waals surface area contributed by atoms with Crippen LogP contribution in [-0.4, -0.2) is 36.6 Å². The lowest BCUT2D eigenvalue weighted by Crippen LogP contribution is -2.04. The van der Waals surface area contributed by atoms with Gasteiger partial charge in [-0.3, -0.25) is 0 Å². The summed E-state index contributed by atoms with van der Waals surface area (Å²) in [5.74, 6) is -1.12. The van der Waals surface area contributed by atoms with E-state index in [1.165, 1.54) is 16.7 Å². The highest BCUT2D eigenvalue weighted by molar-refractivity contribution is 5.88. The van der Waals surface area contributed by atoms with Crippen molar-refractivity contribution < 1.29 is 13.9 Å². The van der Waals surface area contributed by atoms with Crippen molar-refractivity contribution in [2.75, 3.05) is 6.61 Å². The van der Waals surface area contributed by atoms with Gasteiger partial charge in [0, 0.05) is 18.0 Å². The van der Waals surface area contributed by atoms with Crippen LogP contribution in [-0.2, 0) is 4.74 Å². The molecule has 0 unspecified atom stereocenters. The summed E-state index contributed by atoms with van der Waals surface area (Å²) in [6.07, 6.45) is 4.95. The molecule has 0 spiro atoms. The van der Waals surface area contributed by atoms with Crippen LogP contribution >= 0.6 is 0 Å². The van der Waals surface area contributed by atoms with Gasteiger partial charge in [-0.25, -0.2) is 23.7 Å². The van der Waals surface area contributed by atoms with Crippen molar-refractivity contribution in [3.05, 3.63) is 53.5 Å². The molecule has 4 heterocycles. The Morgan fingerprint density at radius 2 is 1.96 bits per heavy atom. The number of imidazole rings is 2. The lowest BCUT2D eigenvalue weighted by molar-refractivity contribution is 0.0520. The first kappa shape index (κ1) is 16.2. The standard InChI is InChI=1S/C18H16FN5O2/c1-4-26-18(25)15-9-23-8-12(6-13(19)17(23)21-15)14-5-10(2)16-20-11(3)7-24(16)22-14/h5-9H,4H2,1-3H3. The lowest BCUT2D eigenvalue weighted by atomic mass is 10.1. The van der Waals surface area contributed by atoms with Gasteiger partial charge in [-0.1, -0.05) is 0 Å². The zero-order valence-corrected chi connectivity index (χ0v) is 14.5. The Labute approximate surface area is 148 Å². The van der Waals surface area contributed by atoms with Crippen molar-refractivity contribution in [2.24, 2.45) is 0 Å². The van der Waals surface area contributed by atoms with Crippen LogP contribution in [0.25, 0.3) is 22.6 Å². The number of fused-ring (bicyclic) bond motifs is 2. The van der Waals surface area contributed by atoms with E-state index in [4.69, 9.17) is 4.74 Å². The second-order valence-corrected chi connectivity index (χ2v) is 6.02. The first-order chi connectivity index (χ1) is 12.5. The van der Waals surface area contributed by atoms with E-state index in [2.05, 4.69) is 15.1 Å². The SMILES string of the molecule is CCOC(=O)c1cn2cc(-c3cc(C)c4nc(C)cn4n3)cc(F)c2n1. The highest BCUT2D eigenvalue weighted by Gasteiger charge is 2.16. The van der Waals surface area contributed by atoms with Crippen molar-refractivity contribution in [1.29, 1.82) is 0 Å². The van der Waals surface area contributed by atoms with Gasteiger partial charge in [-0.15, -0.1) is 0 Å². The van der Waals surface area contributed by atoms with Crippen LogP contribution in [0.4, 0.5) is 4.39 Å². The molecule has 0 aliphatic carbocycles. The lowest BCUT2D eigenvalue weighted by Gasteiger charge is -2.06. The molecule has 0 fully saturated rings. The Bertz CT molecular complexity index is 1160. The number of halogens is 1. The second kappa shape index (κ2) is 5.91. The minimum absolute atomic E-state index is 0.0627. The fourth-order valence-electron chi connectivity index (χ4n) is 2.89. The number of nitrogens with zero attached hydrogens (tertiary/aromatic N) is 5. The van der Waals surface area contributed by atoms with Gasteiger partial charge in [0.15, 0.2) is 22.8 Å². The van der Waals surface area contributed by atoms with Crippen molar-refractivity contribution in [3.8, 4) is 11.3 Å². The number of carbonyl (C=O) groups is 1. The summed E-state index contributed by atoms with van der Waals surface area (Å²) in [6, 6.07) is 3.21. The Balaban J connectivity index is 1.85. The molecule has 0 aliphatic rings. The summed E-state index contributed by atoms with van der Waals surface area (Å²) in [5, 5.41) is 4.51. The Morgan fingerprint density at radius 3 is 2.73 bits per heavy atom. The molecular formula is C18H16FN5O2. The van der Waals surface area contributed by atoms with Crippen LogP contribution in [0.1, 0.15) is 28.7 Å². The van der Waals surface area contributed by atoms with Gasteiger partial charge in [0.25, 0.3) is 0 Å². The summed E-state index contributed by atoms with van der Waals surface area (Å²) in [5.41, 5.74) is 3.84. The van der Waals surface area contributed by atoms with E-state index < -0.39 is 11.8 Å². The zero-order chi connectivity index (χ0) is 18.4. The van der Waals surface area contributed by atoms with E-state index in [-0.39, 0.29) is 17.9 Å². The number of hydrogen-bond acceptors (Lipinski definition) is 5. The summed E-state index contributed by atoms with van der Waals surface area (Å²) >= 11 is 0. The molecule has 0 atom stereocenters. The van der Waals surface area contributed by atoms with Crippen LogP contribution < -0.4 is 0 Å². The summed E-state index contributed by atoms with van der Waals surface area (Å²) < 4.78 is 22.6. The molecule has 0 saturated carbocycles. The molecule has 4 aromatic heterocycles. The highest BCUT2D eigenvalue weighted by Crippen LogP contribution is 2.23. The fraction of sp³-hybridized carbons (Fsp3) is 0.222. The molecule has 8 heteroatoms. The molecule has 132 valence electrons. The number of esters is 1. The van der Waals surface area contributed by atoms with Crippen LogP contribution in [0.5, 0.6) is 0 Å². The largest absolute Gasteiger partial charge is 0.461 e. The van der Waals surface area contributed by atoms with Gasteiger partial charge in [0.1, 0.15) is 0 Å². The average molecular weight is 353 g/mol. The second-order valence-electron chi connectivity index (χ2n) is 6.02. The van der Waals surface area contributed by atoms with Gasteiger partial charge in [-0.2, -0.15) is 5.10 Å². The molecule has 4 rings (SSSR count). The smallest absolute Gasteiger partial charge is 0.358 e. The number of hydrogen-bond donors (Lipinski definition) is 0. The van der Waals surface area contributed by atoms with E-state index in [1.54, 1.807) is 17.6 Å². The quantitative estimate of drug-likeness (QED) is 0.530. The summed E-state index contributed by atoms with van der Waals surface area (Å²) in [4.78, 5) is 20.3. The zero-order valence-electron chi connectivity index (χ0n) is 14.5. The van der Waals surface area contributed by atoms with Crippen molar-refractivity contribution in [3.63, 3.8) is 0 Å². The number of aryl methyl sites for hydroxylation is 2. The maximum absolute atomic E-state index is 14.5. The minimum atomic E-state index is -0.582. The normalized spacial score (nSPS) is 11.4. The number of ether oxygens (including phenoxy) is 1. The number of rotatable bonds is 3. The first-order valence-corrected chi connectivity index (χ1v) is 8.15. The summed E-state index contributed by atoms with van der Waals surface area (Å²) in [7, 11) is 0. The average Bonchev–Trinajstić information content (AvgIpc) is 3.18. The van der Waals surface area contributed by atoms with Crippen molar-refractivity contribution >= 4 is 17.3 Å². The molecule has 0 aliphatic heterocycles. The third kappa shape index (κ3) is 2.59. The maximum Gasteiger partial charge on any atom is 0.358 e. The number of aromatic nitrogens is 5. The molecule has 0 amide bonds. The van der Waals surface area contributed by atoms with Crippen LogP contribution in [0.3, 0.4) is 0 Å². The topological polar surface area (TPSA) is 73.8 Å². The third-order valence-electron chi connectivity index (χ3n) is 4.02. The van der Waals surface area contributed by atoms with Gasteiger partial charge in [0.2, 0.25) is 0 Å². The van der Waals surface area contributed by atoms with E-state index in [0.29, 0.717) is 11.3 Å². The van der Waals surface area contributed by atoms with E-state index in [9.17, 15) is 9.18 Å². The van der Waals surface area contributed by atoms with Crippen LogP contribution in [0.15, 0.2) is 30.7 Å². The van der Waals surface area contributed by atoms with Crippen molar-refractivity contribution in [2.45, 2.75) is 20.8 Å². The number of carbonyl (C=O) groups excluding carboxylic acids is 1. The van der Waals surface area contributed by atoms with Crippen LogP contribution in [0.2, 0.25) is 0 Å². The fourth-order valence-corrected chi connectivity index (χ4v) is 2.89. The molecular weight excluding hydrogens is 337 g/mol. The van der Waals surface area contributed by atoms with Crippen LogP contribution in [0, 0.1) is 19.7 Å². The monoisotopic (exact) mass is 353 g/mol. The predicted molar refractivity (Wildman–Crippen MR) is 92.6 cm³/mol. The molecule has 0 saturated heterocycles.